The molecule has 6 rings (SSSR count). The van der Waals surface area contributed by atoms with Crippen molar-refractivity contribution in [2.24, 2.45) is 14.1 Å². The normalized spacial score (nSPS) is 16.1. The molecule has 0 spiro atoms. The number of hydrogen-bond acceptors (Lipinski definition) is 7. The van der Waals surface area contributed by atoms with E-state index >= 15 is 4.39 Å². The highest BCUT2D eigenvalue weighted by atomic mass is 35.5. The van der Waals surface area contributed by atoms with Gasteiger partial charge in [-0.05, 0) is 32.9 Å². The lowest BCUT2D eigenvalue weighted by Crippen LogP contribution is -2.40. The number of benzene rings is 2. The van der Waals surface area contributed by atoms with Crippen molar-refractivity contribution < 1.29 is 31.7 Å². The number of hydrogen-bond donors (Lipinski definition) is 3. The third-order valence-electron chi connectivity index (χ3n) is 7.80. The average molecular weight is 669 g/mol. The lowest BCUT2D eigenvalue weighted by molar-refractivity contribution is 0.0220. The van der Waals surface area contributed by atoms with Crippen molar-refractivity contribution in [3.8, 4) is 11.1 Å². The third kappa shape index (κ3) is 6.32. The van der Waals surface area contributed by atoms with E-state index in [0.717, 1.165) is 5.69 Å². The minimum atomic E-state index is -1.41. The maximum atomic E-state index is 16.6. The molecule has 0 bridgehead atoms. The van der Waals surface area contributed by atoms with E-state index in [9.17, 15) is 14.4 Å². The first-order valence-corrected chi connectivity index (χ1v) is 15.2. The Hall–Kier alpha value is -4.75. The monoisotopic (exact) mass is 668 g/mol. The molecule has 12 nitrogen and oxygen atoms in total. The first-order valence-electron chi connectivity index (χ1n) is 17.8. The largest absolute Gasteiger partial charge is 0.444 e. The summed E-state index contributed by atoms with van der Waals surface area (Å²) >= 11 is 6.67. The Kier molecular flexibility index (Phi) is 6.72. The molecule has 14 heteroatoms. The summed E-state index contributed by atoms with van der Waals surface area (Å²) in [7, 11) is 3.21. The molecule has 2 aliphatic rings. The maximum Gasteiger partial charge on any atom is 0.410 e. The van der Waals surface area contributed by atoms with E-state index in [1.54, 1.807) is 39.4 Å². The van der Waals surface area contributed by atoms with Crippen LogP contribution >= 0.6 is 11.6 Å². The Balaban J connectivity index is 1.36. The number of carbonyl (C=O) groups excluding carboxylic acids is 3. The number of aromatic nitrogens is 4. The van der Waals surface area contributed by atoms with Gasteiger partial charge in [0.15, 0.2) is 17.5 Å². The summed E-state index contributed by atoms with van der Waals surface area (Å²) in [5.74, 6) is -3.38. The highest BCUT2D eigenvalue weighted by molar-refractivity contribution is 6.36. The number of nitrogens with zero attached hydrogens (tertiary/aromatic N) is 5. The topological polar surface area (TPSA) is 135 Å². The van der Waals surface area contributed by atoms with Gasteiger partial charge in [0.1, 0.15) is 5.60 Å². The van der Waals surface area contributed by atoms with Crippen LogP contribution in [0.25, 0.3) is 11.1 Å². The summed E-state index contributed by atoms with van der Waals surface area (Å²) < 4.78 is 76.2. The summed E-state index contributed by atoms with van der Waals surface area (Å²) in [5.41, 5.74) is -0.870. The van der Waals surface area contributed by atoms with Gasteiger partial charge in [0.2, 0.25) is 0 Å². The van der Waals surface area contributed by atoms with Gasteiger partial charge < -0.3 is 34.7 Å². The summed E-state index contributed by atoms with van der Waals surface area (Å²) in [6.45, 7) is 6.68. The van der Waals surface area contributed by atoms with Crippen LogP contribution in [0.5, 0.6) is 0 Å². The zero-order valence-electron chi connectivity index (χ0n) is 32.4. The van der Waals surface area contributed by atoms with Crippen molar-refractivity contribution in [2.45, 2.75) is 52.3 Å². The number of ether oxygens (including phenoxy) is 1. The predicted molar refractivity (Wildman–Crippen MR) is 175 cm³/mol. The van der Waals surface area contributed by atoms with Gasteiger partial charge in [0.05, 0.1) is 42.6 Å². The zero-order valence-corrected chi connectivity index (χ0v) is 27.1. The molecule has 0 radical (unpaired) electrons. The van der Waals surface area contributed by atoms with Crippen molar-refractivity contribution in [1.82, 2.24) is 29.3 Å². The molecule has 3 N–H and O–H groups in total. The van der Waals surface area contributed by atoms with Crippen LogP contribution in [-0.4, -0.2) is 60.6 Å². The molecule has 0 saturated carbocycles. The number of halogens is 2. The molecule has 47 heavy (non-hydrogen) atoms. The van der Waals surface area contributed by atoms with E-state index in [0.29, 0.717) is 49.6 Å². The summed E-state index contributed by atoms with van der Waals surface area (Å²) in [4.78, 5) is 49.9. The van der Waals surface area contributed by atoms with Crippen molar-refractivity contribution in [2.75, 3.05) is 23.7 Å². The Morgan fingerprint density at radius 1 is 0.936 bits per heavy atom. The van der Waals surface area contributed by atoms with Crippen LogP contribution in [0.4, 0.5) is 20.6 Å². The molecule has 2 aromatic carbocycles. The smallest absolute Gasteiger partial charge is 0.410 e. The van der Waals surface area contributed by atoms with E-state index in [1.807, 2.05) is 0 Å². The average Bonchev–Trinajstić information content (AvgIpc) is 3.63. The quantitative estimate of drug-likeness (QED) is 0.271. The number of amides is 3. The first kappa shape index (κ1) is 25.4. The molecule has 2 aliphatic heterocycles. The molecule has 4 heterocycles. The molecule has 0 atom stereocenters. The van der Waals surface area contributed by atoms with Crippen LogP contribution < -0.4 is 16.0 Å². The van der Waals surface area contributed by atoms with Gasteiger partial charge in [0.25, 0.3) is 11.8 Å². The van der Waals surface area contributed by atoms with Gasteiger partial charge >= 0.3 is 6.09 Å². The summed E-state index contributed by atoms with van der Waals surface area (Å²) in [6, 6.07) is -4.79. The van der Waals surface area contributed by atoms with Crippen LogP contribution in [-0.2, 0) is 44.8 Å². The predicted octanol–water partition coefficient (Wildman–Crippen LogP) is 5.06. The van der Waals surface area contributed by atoms with Gasteiger partial charge in [-0.1, -0.05) is 35.8 Å². The van der Waals surface area contributed by atoms with E-state index in [2.05, 4.69) is 25.9 Å². The highest BCUT2D eigenvalue weighted by Gasteiger charge is 2.31. The SMILES string of the molecule is [2H]c1c([2H])c(NC(=O)c2nc3c(n2C)CCN(C(=O)OC(C)(C)C)C3)c(F)c(-c2c([2H])c([2H])c([2H])c(NC(=O)c3nc4c(n3C)CCNC4)c2Cl)c1[2H]. The van der Waals surface area contributed by atoms with Crippen LogP contribution in [0, 0.1) is 5.82 Å². The van der Waals surface area contributed by atoms with Crippen molar-refractivity contribution >= 4 is 40.9 Å². The van der Waals surface area contributed by atoms with Gasteiger partial charge in [-0.25, -0.2) is 19.2 Å². The van der Waals surface area contributed by atoms with Gasteiger partial charge in [-0.2, -0.15) is 0 Å². The summed E-state index contributed by atoms with van der Waals surface area (Å²) in [5, 5.41) is 7.34. The molecule has 0 saturated heterocycles. The molecule has 4 aromatic rings. The number of rotatable bonds is 5. The van der Waals surface area contributed by atoms with E-state index in [-0.39, 0.29) is 18.2 Å². The molecular formula is C33H36ClFN8O4. The number of nitrogens with one attached hydrogen (secondary N) is 3. The maximum absolute atomic E-state index is 16.6. The number of carbonyl (C=O) groups is 3. The Labute approximate surface area is 284 Å². The fourth-order valence-electron chi connectivity index (χ4n) is 5.51. The Bertz CT molecular complexity index is 2240. The van der Waals surface area contributed by atoms with E-state index in [1.165, 1.54) is 9.47 Å². The number of fused-ring (bicyclic) bond motifs is 2. The molecule has 0 fully saturated rings. The Morgan fingerprint density at radius 3 is 2.19 bits per heavy atom. The lowest BCUT2D eigenvalue weighted by atomic mass is 10.0. The molecule has 0 unspecified atom stereocenters. The molecule has 246 valence electrons. The van der Waals surface area contributed by atoms with Crippen LogP contribution in [0.15, 0.2) is 36.3 Å². The fraction of sp³-hybridized carbons (Fsp3) is 0.364. The van der Waals surface area contributed by atoms with Crippen LogP contribution in [0.3, 0.4) is 0 Å². The molecular weight excluding hydrogens is 627 g/mol. The lowest BCUT2D eigenvalue weighted by Gasteiger charge is -2.29. The highest BCUT2D eigenvalue weighted by Crippen LogP contribution is 2.37. The van der Waals surface area contributed by atoms with Crippen LogP contribution in [0.1, 0.15) is 73.0 Å². The molecule has 2 aromatic heterocycles. The van der Waals surface area contributed by atoms with Crippen LogP contribution in [0.2, 0.25) is 5.02 Å². The van der Waals surface area contributed by atoms with Crippen molar-refractivity contribution in [1.29, 1.82) is 0 Å². The van der Waals surface area contributed by atoms with Gasteiger partial charge in [0, 0.05) is 69.1 Å². The summed E-state index contributed by atoms with van der Waals surface area (Å²) in [6.07, 6.45) is 0.401. The second-order valence-corrected chi connectivity index (χ2v) is 12.5. The number of imidazole rings is 2. The first-order chi connectivity index (χ1) is 24.8. The second kappa shape index (κ2) is 12.5. The van der Waals surface area contributed by atoms with Crippen molar-refractivity contribution in [3.63, 3.8) is 0 Å². The fourth-order valence-corrected chi connectivity index (χ4v) is 5.75. The minimum absolute atomic E-state index is 0.0185. The number of anilines is 2. The standard InChI is InChI=1S/C33H36ClFN8O4/c1-33(2,3)47-32(46)43-15-13-25-23(17-43)38-29(42(25)5)31(45)40-21-11-7-9-19(27(21)35)18-8-6-10-20(26(18)34)39-30(44)28-37-22-16-36-14-12-24(22)41(28)4/h6-11,36H,12-17H2,1-5H3,(H,39,44)(H,40,45)/i6D,7D,8D,9D,10D,11D. The molecule has 3 amide bonds. The van der Waals surface area contributed by atoms with Crippen molar-refractivity contribution in [3.05, 3.63) is 81.5 Å². The zero-order chi connectivity index (χ0) is 38.8. The molecule has 0 aliphatic carbocycles. The third-order valence-corrected chi connectivity index (χ3v) is 8.17. The van der Waals surface area contributed by atoms with Gasteiger partial charge in [-0.3, -0.25) is 9.59 Å². The van der Waals surface area contributed by atoms with E-state index in [4.69, 9.17) is 24.6 Å². The second-order valence-electron chi connectivity index (χ2n) is 12.1. The van der Waals surface area contributed by atoms with Gasteiger partial charge in [-0.15, -0.1) is 0 Å². The minimum Gasteiger partial charge on any atom is -0.444 e. The van der Waals surface area contributed by atoms with E-state index < -0.39 is 93.1 Å². The Morgan fingerprint density at radius 2 is 1.53 bits per heavy atom.